The Morgan fingerprint density at radius 1 is 0.969 bits per heavy atom. The predicted octanol–water partition coefficient (Wildman–Crippen LogP) is 4.47. The number of nitrogens with zero attached hydrogens (tertiary/aromatic N) is 6. The van der Waals surface area contributed by atoms with E-state index < -0.39 is 0 Å². The molecule has 0 bridgehead atoms. The Bertz CT molecular complexity index is 1070. The van der Waals surface area contributed by atoms with Crippen molar-refractivity contribution in [2.24, 2.45) is 0 Å². The summed E-state index contributed by atoms with van der Waals surface area (Å²) in [5.41, 5.74) is 4.76. The molecule has 5 heterocycles. The summed E-state index contributed by atoms with van der Waals surface area (Å²) in [6.45, 7) is 11.2. The van der Waals surface area contributed by atoms with Gasteiger partial charge in [-0.1, -0.05) is 12.1 Å². The summed E-state index contributed by atoms with van der Waals surface area (Å²) in [4.78, 5) is 17.5. The number of aryl methyl sites for hydroxylation is 1. The average Bonchev–Trinajstić information content (AvgIpc) is 3.24. The van der Waals surface area contributed by atoms with Gasteiger partial charge in [0.25, 0.3) is 0 Å². The van der Waals surface area contributed by atoms with Crippen molar-refractivity contribution in [1.29, 1.82) is 0 Å². The fourth-order valence-corrected chi connectivity index (χ4v) is 5.63. The first-order chi connectivity index (χ1) is 15.5. The molecule has 0 saturated carbocycles. The first-order valence-corrected chi connectivity index (χ1v) is 12.1. The Morgan fingerprint density at radius 2 is 1.75 bits per heavy atom. The minimum absolute atomic E-state index is 0.315. The fraction of sp³-hybridized carbons (Fsp3) is 0.538. The van der Waals surface area contributed by atoms with Gasteiger partial charge in [0.1, 0.15) is 11.5 Å². The lowest BCUT2D eigenvalue weighted by Gasteiger charge is -2.44. The average molecular weight is 433 g/mol. The van der Waals surface area contributed by atoms with Gasteiger partial charge >= 0.3 is 0 Å². The number of rotatable bonds is 4. The number of fused-ring (bicyclic) bond motifs is 1. The van der Waals surface area contributed by atoms with Gasteiger partial charge in [0.15, 0.2) is 0 Å². The van der Waals surface area contributed by atoms with Crippen LogP contribution in [-0.2, 0) is 0 Å². The van der Waals surface area contributed by atoms with Crippen LogP contribution < -0.4 is 4.90 Å². The molecular formula is C26H36N6. The number of hydrogen-bond acceptors (Lipinski definition) is 5. The first-order valence-electron chi connectivity index (χ1n) is 12.1. The highest BCUT2D eigenvalue weighted by Crippen LogP contribution is 2.43. The Hall–Kier alpha value is -2.44. The zero-order chi connectivity index (χ0) is 22.2. The molecule has 0 aromatic carbocycles. The second kappa shape index (κ2) is 8.83. The molecule has 2 aliphatic heterocycles. The number of imidazole rings is 1. The third-order valence-electron chi connectivity index (χ3n) is 7.29. The first kappa shape index (κ1) is 21.4. The highest BCUT2D eigenvalue weighted by atomic mass is 15.3. The zero-order valence-electron chi connectivity index (χ0n) is 19.9. The molecule has 170 valence electrons. The maximum Gasteiger partial charge on any atom is 0.138 e. The van der Waals surface area contributed by atoms with Crippen molar-refractivity contribution in [2.45, 2.75) is 58.2 Å². The van der Waals surface area contributed by atoms with Gasteiger partial charge in [-0.15, -0.1) is 0 Å². The second-order valence-electron chi connectivity index (χ2n) is 9.78. The minimum atomic E-state index is 0.315. The molecule has 2 saturated heterocycles. The highest BCUT2D eigenvalue weighted by molar-refractivity contribution is 5.53. The number of hydrogen-bond donors (Lipinski definition) is 0. The summed E-state index contributed by atoms with van der Waals surface area (Å²) < 4.78 is 2.31. The molecule has 6 nitrogen and oxygen atoms in total. The van der Waals surface area contributed by atoms with Crippen LogP contribution in [0.2, 0.25) is 0 Å². The van der Waals surface area contributed by atoms with E-state index in [0.717, 1.165) is 44.7 Å². The van der Waals surface area contributed by atoms with Crippen LogP contribution in [0.1, 0.15) is 62.1 Å². The van der Waals surface area contributed by atoms with Crippen LogP contribution in [0.5, 0.6) is 0 Å². The van der Waals surface area contributed by atoms with Crippen molar-refractivity contribution < 1.29 is 0 Å². The smallest absolute Gasteiger partial charge is 0.138 e. The molecule has 0 unspecified atom stereocenters. The van der Waals surface area contributed by atoms with Crippen molar-refractivity contribution in [2.75, 3.05) is 38.1 Å². The number of piperazine rings is 1. The predicted molar refractivity (Wildman–Crippen MR) is 130 cm³/mol. The van der Waals surface area contributed by atoms with Gasteiger partial charge in [0, 0.05) is 44.6 Å². The van der Waals surface area contributed by atoms with Gasteiger partial charge in [-0.2, -0.15) is 0 Å². The molecule has 2 fully saturated rings. The molecule has 0 amide bonds. The monoisotopic (exact) mass is 432 g/mol. The number of likely N-dealkylation sites (tertiary alicyclic amines) is 1. The lowest BCUT2D eigenvalue weighted by atomic mass is 9.89. The maximum absolute atomic E-state index is 5.15. The molecule has 2 atom stereocenters. The Kier molecular flexibility index (Phi) is 5.91. The van der Waals surface area contributed by atoms with Gasteiger partial charge in [-0.05, 0) is 70.8 Å². The third kappa shape index (κ3) is 3.90. The molecule has 0 radical (unpaired) electrons. The highest BCUT2D eigenvalue weighted by Gasteiger charge is 2.36. The molecule has 0 spiro atoms. The molecule has 6 heteroatoms. The molecule has 0 N–H and O–H groups in total. The second-order valence-corrected chi connectivity index (χ2v) is 9.78. The largest absolute Gasteiger partial charge is 0.355 e. The Balaban J connectivity index is 1.51. The lowest BCUT2D eigenvalue weighted by Crippen LogP contribution is -2.45. The van der Waals surface area contributed by atoms with E-state index in [1.165, 1.54) is 29.2 Å². The van der Waals surface area contributed by atoms with Crippen LogP contribution in [0.4, 0.5) is 5.82 Å². The van der Waals surface area contributed by atoms with Crippen molar-refractivity contribution >= 4 is 11.5 Å². The summed E-state index contributed by atoms with van der Waals surface area (Å²) in [5.74, 6) is 1.26. The van der Waals surface area contributed by atoms with Crippen molar-refractivity contribution in [3.05, 3.63) is 59.7 Å². The molecule has 5 rings (SSSR count). The molecule has 0 aliphatic carbocycles. The summed E-state index contributed by atoms with van der Waals surface area (Å²) in [6.07, 6.45) is 7.75. The SMILES string of the molecule is Cc1cccnc1[C@@H]1CCC[C@H](c2cn3c(N4CCN(C)CC4)cccc3n2)N1C(C)C. The quantitative estimate of drug-likeness (QED) is 0.608. The summed E-state index contributed by atoms with van der Waals surface area (Å²) in [7, 11) is 2.20. The van der Waals surface area contributed by atoms with Crippen molar-refractivity contribution in [3.8, 4) is 0 Å². The topological polar surface area (TPSA) is 39.9 Å². The number of pyridine rings is 2. The molecule has 3 aromatic rings. The van der Waals surface area contributed by atoms with Gasteiger partial charge < -0.3 is 9.80 Å². The van der Waals surface area contributed by atoms with E-state index in [2.05, 4.69) is 77.4 Å². The van der Waals surface area contributed by atoms with E-state index in [1.54, 1.807) is 0 Å². The van der Waals surface area contributed by atoms with Crippen LogP contribution in [0.3, 0.4) is 0 Å². The third-order valence-corrected chi connectivity index (χ3v) is 7.29. The fourth-order valence-electron chi connectivity index (χ4n) is 5.63. The van der Waals surface area contributed by atoms with Gasteiger partial charge in [0.05, 0.1) is 23.5 Å². The van der Waals surface area contributed by atoms with Gasteiger partial charge in [-0.25, -0.2) is 4.98 Å². The zero-order valence-corrected chi connectivity index (χ0v) is 19.9. The molecule has 32 heavy (non-hydrogen) atoms. The lowest BCUT2D eigenvalue weighted by molar-refractivity contribution is 0.0453. The maximum atomic E-state index is 5.15. The minimum Gasteiger partial charge on any atom is -0.355 e. The van der Waals surface area contributed by atoms with E-state index in [1.807, 2.05) is 12.3 Å². The van der Waals surface area contributed by atoms with Crippen molar-refractivity contribution in [1.82, 2.24) is 24.2 Å². The van der Waals surface area contributed by atoms with Gasteiger partial charge in [0.2, 0.25) is 0 Å². The van der Waals surface area contributed by atoms with E-state index in [9.17, 15) is 0 Å². The van der Waals surface area contributed by atoms with Gasteiger partial charge in [-0.3, -0.25) is 14.3 Å². The molecule has 3 aromatic heterocycles. The van der Waals surface area contributed by atoms with Crippen LogP contribution in [0.25, 0.3) is 5.65 Å². The van der Waals surface area contributed by atoms with E-state index in [0.29, 0.717) is 18.1 Å². The van der Waals surface area contributed by atoms with Crippen LogP contribution >= 0.6 is 0 Å². The number of piperidine rings is 1. The normalized spacial score (nSPS) is 23.3. The van der Waals surface area contributed by atoms with Crippen LogP contribution in [0, 0.1) is 6.92 Å². The number of likely N-dealkylation sites (N-methyl/N-ethyl adjacent to an activating group) is 1. The van der Waals surface area contributed by atoms with E-state index in [-0.39, 0.29) is 0 Å². The number of anilines is 1. The summed E-state index contributed by atoms with van der Waals surface area (Å²) >= 11 is 0. The summed E-state index contributed by atoms with van der Waals surface area (Å²) in [5, 5.41) is 0. The Labute approximate surface area is 191 Å². The summed E-state index contributed by atoms with van der Waals surface area (Å²) in [6, 6.07) is 11.9. The standard InChI is InChI=1S/C26H36N6/c1-19(2)32-22(9-5-10-23(32)26-20(3)8-7-13-27-26)21-18-31-24(28-21)11-6-12-25(31)30-16-14-29(4)15-17-30/h6-8,11-13,18-19,22-23H,5,9-10,14-17H2,1-4H3/t22-,23+/m1/s1. The Morgan fingerprint density at radius 3 is 2.50 bits per heavy atom. The van der Waals surface area contributed by atoms with Crippen LogP contribution in [-0.4, -0.2) is 63.4 Å². The molecule has 2 aliphatic rings. The van der Waals surface area contributed by atoms with E-state index >= 15 is 0 Å². The number of aromatic nitrogens is 3. The van der Waals surface area contributed by atoms with E-state index in [4.69, 9.17) is 9.97 Å². The van der Waals surface area contributed by atoms with Crippen molar-refractivity contribution in [3.63, 3.8) is 0 Å². The molecular weight excluding hydrogens is 396 g/mol. The van der Waals surface area contributed by atoms with Crippen LogP contribution in [0.15, 0.2) is 42.7 Å².